The van der Waals surface area contributed by atoms with Crippen molar-refractivity contribution >= 4 is 23.9 Å². The van der Waals surface area contributed by atoms with Gasteiger partial charge in [0.25, 0.3) is 0 Å². The molecule has 0 spiro atoms. The van der Waals surface area contributed by atoms with E-state index in [9.17, 15) is 19.2 Å². The molecule has 0 aromatic rings. The highest BCUT2D eigenvalue weighted by Crippen LogP contribution is 2.32. The quantitative estimate of drug-likeness (QED) is 0.0163. The minimum Gasteiger partial charge on any atom is -0.444 e. The Balaban J connectivity index is 5.50. The summed E-state index contributed by atoms with van der Waals surface area (Å²) >= 11 is 0. The number of unbranched alkanes of at least 4 members (excludes halogenated alkanes) is 16. The number of carbonyl (C=O) groups excluding carboxylic acids is 4. The zero-order chi connectivity index (χ0) is 38.1. The van der Waals surface area contributed by atoms with Gasteiger partial charge in [0.2, 0.25) is 11.2 Å². The van der Waals surface area contributed by atoms with Crippen LogP contribution in [-0.4, -0.2) is 35.1 Å². The molecule has 0 aromatic heterocycles. The highest BCUT2D eigenvalue weighted by atomic mass is 16.6. The maximum atomic E-state index is 13.9. The molecule has 7 nitrogen and oxygen atoms in total. The molecule has 0 saturated heterocycles. The van der Waals surface area contributed by atoms with E-state index < -0.39 is 35.1 Å². The van der Waals surface area contributed by atoms with E-state index in [4.69, 9.17) is 14.2 Å². The van der Waals surface area contributed by atoms with Crippen molar-refractivity contribution in [3.05, 3.63) is 49.6 Å². The average molecular weight is 715 g/mol. The summed E-state index contributed by atoms with van der Waals surface area (Å²) in [6.45, 7) is 15.2. The van der Waals surface area contributed by atoms with Crippen LogP contribution in [0.15, 0.2) is 49.6 Å². The molecule has 0 aliphatic rings. The van der Waals surface area contributed by atoms with E-state index in [-0.39, 0.29) is 25.7 Å². The van der Waals surface area contributed by atoms with Gasteiger partial charge in [-0.05, 0) is 89.9 Å². The van der Waals surface area contributed by atoms with Crippen molar-refractivity contribution in [2.24, 2.45) is 0 Å². The van der Waals surface area contributed by atoms with E-state index in [0.717, 1.165) is 76.4 Å². The number of hydrogen-bond acceptors (Lipinski definition) is 7. The summed E-state index contributed by atoms with van der Waals surface area (Å²) in [5, 5.41) is 0. The van der Waals surface area contributed by atoms with Crippen LogP contribution < -0.4 is 0 Å². The monoisotopic (exact) mass is 715 g/mol. The molecular weight excluding hydrogens is 640 g/mol. The highest BCUT2D eigenvalue weighted by molar-refractivity contribution is 5.97. The van der Waals surface area contributed by atoms with Crippen molar-refractivity contribution in [1.29, 1.82) is 0 Å². The Hall–Kier alpha value is -2.96. The van der Waals surface area contributed by atoms with Crippen molar-refractivity contribution in [3.63, 3.8) is 0 Å². The fourth-order valence-corrected chi connectivity index (χ4v) is 6.39. The molecule has 7 heteroatoms. The van der Waals surface area contributed by atoms with E-state index in [1.165, 1.54) is 51.4 Å². The maximum absolute atomic E-state index is 13.9. The van der Waals surface area contributed by atoms with Crippen LogP contribution in [0.1, 0.15) is 195 Å². The Labute approximate surface area is 312 Å². The molecule has 0 bridgehead atoms. The van der Waals surface area contributed by atoms with Gasteiger partial charge in [0.05, 0.1) is 0 Å². The molecule has 0 aliphatic carbocycles. The van der Waals surface area contributed by atoms with Crippen LogP contribution in [0.3, 0.4) is 0 Å². The third-order valence-corrected chi connectivity index (χ3v) is 9.35. The number of esters is 4. The van der Waals surface area contributed by atoms with Crippen LogP contribution in [0, 0.1) is 0 Å². The minimum atomic E-state index is -1.64. The van der Waals surface area contributed by atoms with Gasteiger partial charge < -0.3 is 14.2 Å². The summed E-state index contributed by atoms with van der Waals surface area (Å²) in [4.78, 5) is 52.8. The van der Waals surface area contributed by atoms with Crippen LogP contribution in [0.4, 0.5) is 0 Å². The molecule has 0 rings (SSSR count). The smallest absolute Gasteiger partial charge is 0.358 e. The molecule has 0 amide bonds. The first-order valence-corrected chi connectivity index (χ1v) is 20.5. The van der Waals surface area contributed by atoms with Gasteiger partial charge in [0.1, 0.15) is 0 Å². The summed E-state index contributed by atoms with van der Waals surface area (Å²) in [5.74, 6) is -3.35. The van der Waals surface area contributed by atoms with Gasteiger partial charge in [-0.3, -0.25) is 0 Å². The Morgan fingerprint density at radius 3 is 1.04 bits per heavy atom. The van der Waals surface area contributed by atoms with Crippen LogP contribution in [0.2, 0.25) is 0 Å². The number of ether oxygens (including phenoxy) is 3. The average Bonchev–Trinajstić information content (AvgIpc) is 3.12. The van der Waals surface area contributed by atoms with Gasteiger partial charge >= 0.3 is 23.9 Å². The van der Waals surface area contributed by atoms with E-state index in [2.05, 4.69) is 51.3 Å². The first kappa shape index (κ1) is 48.0. The first-order valence-electron chi connectivity index (χ1n) is 20.5. The zero-order valence-corrected chi connectivity index (χ0v) is 33.1. The second kappa shape index (κ2) is 31.7. The van der Waals surface area contributed by atoms with Crippen LogP contribution in [-0.2, 0) is 33.4 Å². The Kier molecular flexibility index (Phi) is 29.9. The fourth-order valence-electron chi connectivity index (χ4n) is 6.39. The summed E-state index contributed by atoms with van der Waals surface area (Å²) < 4.78 is 17.0. The third kappa shape index (κ3) is 22.6. The standard InChI is InChI=1S/C44H74O7/c1-7-13-15-17-19-21-23-25-27-29-31-33-37-43(35-9-3,50-39(45)11-5)41(47)49-42(48)44(36-10-4,51-40(46)12-6)38-34-32-30-28-26-24-22-20-18-16-14-8-2/h11-12,21-24H,5-10,13-20,25-38H2,1-4H3/b23-21-,24-22-. The van der Waals surface area contributed by atoms with Gasteiger partial charge in [-0.2, -0.15) is 0 Å². The predicted octanol–water partition coefficient (Wildman–Crippen LogP) is 12.3. The molecular formula is C44H74O7. The molecule has 0 radical (unpaired) electrons. The van der Waals surface area contributed by atoms with Crippen LogP contribution in [0.5, 0.6) is 0 Å². The Morgan fingerprint density at radius 2 is 0.745 bits per heavy atom. The molecule has 0 fully saturated rings. The van der Waals surface area contributed by atoms with Crippen molar-refractivity contribution in [1.82, 2.24) is 0 Å². The molecule has 0 aromatic carbocycles. The van der Waals surface area contributed by atoms with Gasteiger partial charge in [-0.15, -0.1) is 0 Å². The lowest BCUT2D eigenvalue weighted by Gasteiger charge is -2.34. The first-order chi connectivity index (χ1) is 24.7. The summed E-state index contributed by atoms with van der Waals surface area (Å²) in [6.07, 6.45) is 34.2. The number of hydrogen-bond donors (Lipinski definition) is 0. The second-order valence-corrected chi connectivity index (χ2v) is 14.0. The number of carbonyl (C=O) groups is 4. The van der Waals surface area contributed by atoms with Crippen LogP contribution in [0.25, 0.3) is 0 Å². The van der Waals surface area contributed by atoms with Gasteiger partial charge in [0.15, 0.2) is 0 Å². The second-order valence-electron chi connectivity index (χ2n) is 14.0. The normalized spacial score (nSPS) is 13.8. The molecule has 0 aliphatic heterocycles. The van der Waals surface area contributed by atoms with Gasteiger partial charge in [-0.1, -0.05) is 142 Å². The lowest BCUT2D eigenvalue weighted by molar-refractivity contribution is -0.198. The zero-order valence-electron chi connectivity index (χ0n) is 33.1. The summed E-state index contributed by atoms with van der Waals surface area (Å²) in [7, 11) is 0. The van der Waals surface area contributed by atoms with Crippen molar-refractivity contribution in [3.8, 4) is 0 Å². The minimum absolute atomic E-state index is 0.194. The lowest BCUT2D eigenvalue weighted by atomic mass is 9.89. The summed E-state index contributed by atoms with van der Waals surface area (Å²) in [6, 6.07) is 0. The number of rotatable bonds is 34. The molecule has 2 unspecified atom stereocenters. The Morgan fingerprint density at radius 1 is 0.431 bits per heavy atom. The van der Waals surface area contributed by atoms with E-state index in [1.807, 2.05) is 13.8 Å². The van der Waals surface area contributed by atoms with E-state index in [1.54, 1.807) is 0 Å². The molecule has 2 atom stereocenters. The van der Waals surface area contributed by atoms with E-state index >= 15 is 0 Å². The number of allylic oxidation sites excluding steroid dienone is 4. The molecule has 0 saturated carbocycles. The molecule has 0 heterocycles. The maximum Gasteiger partial charge on any atom is 0.358 e. The van der Waals surface area contributed by atoms with Gasteiger partial charge in [0, 0.05) is 12.2 Å². The fraction of sp³-hybridized carbons (Fsp3) is 0.727. The van der Waals surface area contributed by atoms with E-state index in [0.29, 0.717) is 25.7 Å². The molecule has 0 N–H and O–H groups in total. The predicted molar refractivity (Wildman–Crippen MR) is 210 cm³/mol. The largest absolute Gasteiger partial charge is 0.444 e. The third-order valence-electron chi connectivity index (χ3n) is 9.35. The lowest BCUT2D eigenvalue weighted by Crippen LogP contribution is -2.50. The van der Waals surface area contributed by atoms with Crippen LogP contribution >= 0.6 is 0 Å². The summed E-state index contributed by atoms with van der Waals surface area (Å²) in [5.41, 5.74) is -3.28. The topological polar surface area (TPSA) is 96.0 Å². The van der Waals surface area contributed by atoms with Gasteiger partial charge in [-0.25, -0.2) is 19.2 Å². The molecule has 292 valence electrons. The SMILES string of the molecule is C=CC(=O)OC(CCC)(CCCCCC/C=C\CCCCCC)C(=O)OC(=O)C(CCC)(CCCCCC/C=C\CCCCCC)OC(=O)C=C. The van der Waals surface area contributed by atoms with Crippen molar-refractivity contribution < 1.29 is 33.4 Å². The Bertz CT molecular complexity index is 948. The molecule has 51 heavy (non-hydrogen) atoms. The van der Waals surface area contributed by atoms with Crippen molar-refractivity contribution in [2.75, 3.05) is 0 Å². The highest BCUT2D eigenvalue weighted by Gasteiger charge is 2.49. The van der Waals surface area contributed by atoms with Crippen molar-refractivity contribution in [2.45, 2.75) is 206 Å².